The van der Waals surface area contributed by atoms with Gasteiger partial charge < -0.3 is 9.13 Å². The first-order valence-corrected chi connectivity index (χ1v) is 18.1. The molecule has 0 spiro atoms. The number of rotatable bonds is 4. The molecule has 0 N–H and O–H groups in total. The Morgan fingerprint density at radius 2 is 1.20 bits per heavy atom. The van der Waals surface area contributed by atoms with Gasteiger partial charge in [-0.15, -0.1) is 0 Å². The Morgan fingerprint density at radius 1 is 0.569 bits per heavy atom. The molecule has 6 aromatic carbocycles. The molecule has 2 aromatic heterocycles. The molecule has 0 saturated heterocycles. The van der Waals surface area contributed by atoms with E-state index in [1.807, 2.05) is 0 Å². The SMILES string of the molecule is C=CC1=C(/C=C\C)c2ccc(-n3c4ccccc4c4c5c(c6c(c7ccccc7n6-c6ccccc6)c43)-c3ccccc3C5(C)C)cc2C1(C)C. The second-order valence-corrected chi connectivity index (χ2v) is 15.3. The van der Waals surface area contributed by atoms with E-state index in [2.05, 4.69) is 190 Å². The Bertz CT molecular complexity index is 2860. The lowest BCUT2D eigenvalue weighted by atomic mass is 9.80. The Balaban J connectivity index is 1.46. The number of hydrogen-bond acceptors (Lipinski definition) is 0. The molecule has 0 aliphatic heterocycles. The first-order valence-electron chi connectivity index (χ1n) is 18.1. The van der Waals surface area contributed by atoms with Gasteiger partial charge in [0.2, 0.25) is 0 Å². The number of hydrogen-bond donors (Lipinski definition) is 0. The summed E-state index contributed by atoms with van der Waals surface area (Å²) >= 11 is 0. The molecule has 2 heterocycles. The number of para-hydroxylation sites is 3. The predicted molar refractivity (Wildman–Crippen MR) is 218 cm³/mol. The van der Waals surface area contributed by atoms with Crippen molar-refractivity contribution in [2.24, 2.45) is 0 Å². The average Bonchev–Trinajstić information content (AvgIpc) is 3.80. The lowest BCUT2D eigenvalue weighted by molar-refractivity contribution is 0.654. The summed E-state index contributed by atoms with van der Waals surface area (Å²) < 4.78 is 5.10. The van der Waals surface area contributed by atoms with E-state index < -0.39 is 0 Å². The van der Waals surface area contributed by atoms with Crippen molar-refractivity contribution < 1.29 is 0 Å². The average molecular weight is 657 g/mol. The molecule has 2 nitrogen and oxygen atoms in total. The molecule has 0 atom stereocenters. The molecule has 0 amide bonds. The molecule has 0 saturated carbocycles. The molecule has 2 heteroatoms. The van der Waals surface area contributed by atoms with Crippen molar-refractivity contribution in [1.82, 2.24) is 9.13 Å². The highest BCUT2D eigenvalue weighted by Gasteiger charge is 2.42. The Kier molecular flexibility index (Phi) is 6.08. The molecule has 0 unspecified atom stereocenters. The molecule has 8 aromatic rings. The van der Waals surface area contributed by atoms with Gasteiger partial charge >= 0.3 is 0 Å². The lowest BCUT2D eigenvalue weighted by Crippen LogP contribution is -2.16. The molecule has 0 fully saturated rings. The molecule has 2 aliphatic rings. The van der Waals surface area contributed by atoms with Crippen LogP contribution >= 0.6 is 0 Å². The van der Waals surface area contributed by atoms with Crippen LogP contribution in [0.15, 0.2) is 152 Å². The maximum atomic E-state index is 4.26. The zero-order valence-electron chi connectivity index (χ0n) is 29.9. The zero-order chi connectivity index (χ0) is 34.8. The van der Waals surface area contributed by atoms with Gasteiger partial charge in [0.1, 0.15) is 0 Å². The smallest absolute Gasteiger partial charge is 0.0644 e. The predicted octanol–water partition coefficient (Wildman–Crippen LogP) is 13.0. The normalized spacial score (nSPS) is 15.8. The number of aromatic nitrogens is 2. The van der Waals surface area contributed by atoms with Crippen LogP contribution in [-0.2, 0) is 10.8 Å². The van der Waals surface area contributed by atoms with E-state index in [4.69, 9.17) is 0 Å². The van der Waals surface area contributed by atoms with Crippen molar-refractivity contribution >= 4 is 49.2 Å². The van der Waals surface area contributed by atoms with Crippen molar-refractivity contribution in [3.63, 3.8) is 0 Å². The van der Waals surface area contributed by atoms with Crippen LogP contribution in [0.4, 0.5) is 0 Å². The van der Waals surface area contributed by atoms with Crippen LogP contribution < -0.4 is 0 Å². The van der Waals surface area contributed by atoms with Gasteiger partial charge in [-0.1, -0.05) is 137 Å². The van der Waals surface area contributed by atoms with Crippen molar-refractivity contribution in [3.8, 4) is 22.5 Å². The molecular formula is C49H40N2. The third-order valence-corrected chi connectivity index (χ3v) is 12.0. The van der Waals surface area contributed by atoms with Gasteiger partial charge in [0.25, 0.3) is 0 Å². The van der Waals surface area contributed by atoms with Crippen molar-refractivity contribution in [2.75, 3.05) is 0 Å². The number of benzene rings is 6. The Labute approximate surface area is 299 Å². The van der Waals surface area contributed by atoms with Crippen LogP contribution in [0, 0.1) is 0 Å². The summed E-state index contributed by atoms with van der Waals surface area (Å²) in [5.74, 6) is 0. The van der Waals surface area contributed by atoms with Crippen LogP contribution in [0.1, 0.15) is 56.9 Å². The Morgan fingerprint density at radius 3 is 1.90 bits per heavy atom. The van der Waals surface area contributed by atoms with Crippen molar-refractivity contribution in [3.05, 3.63) is 174 Å². The first kappa shape index (κ1) is 30.0. The maximum absolute atomic E-state index is 4.26. The summed E-state index contributed by atoms with van der Waals surface area (Å²) in [5, 5.41) is 5.21. The largest absolute Gasteiger partial charge is 0.309 e. The minimum absolute atomic E-state index is 0.176. The highest BCUT2D eigenvalue weighted by atomic mass is 15.0. The molecule has 10 rings (SSSR count). The lowest BCUT2D eigenvalue weighted by Gasteiger charge is -2.24. The van der Waals surface area contributed by atoms with E-state index in [1.165, 1.54) is 99.5 Å². The summed E-state index contributed by atoms with van der Waals surface area (Å²) in [5.41, 5.74) is 17.6. The summed E-state index contributed by atoms with van der Waals surface area (Å²) in [7, 11) is 0. The molecule has 0 radical (unpaired) electrons. The molecule has 0 bridgehead atoms. The van der Waals surface area contributed by atoms with Gasteiger partial charge in [-0.3, -0.25) is 0 Å². The van der Waals surface area contributed by atoms with Gasteiger partial charge in [-0.05, 0) is 82.3 Å². The van der Waals surface area contributed by atoms with Gasteiger partial charge in [-0.25, -0.2) is 0 Å². The summed E-state index contributed by atoms with van der Waals surface area (Å²) in [6, 6.07) is 45.2. The quantitative estimate of drug-likeness (QED) is 0.178. The highest BCUT2D eigenvalue weighted by molar-refractivity contribution is 6.31. The fourth-order valence-corrected chi connectivity index (χ4v) is 9.83. The molecule has 51 heavy (non-hydrogen) atoms. The van der Waals surface area contributed by atoms with Crippen LogP contribution in [0.25, 0.3) is 71.7 Å². The van der Waals surface area contributed by atoms with Gasteiger partial charge in [0, 0.05) is 49.3 Å². The monoisotopic (exact) mass is 656 g/mol. The van der Waals surface area contributed by atoms with Gasteiger partial charge in [-0.2, -0.15) is 0 Å². The number of allylic oxidation sites excluding steroid dienone is 5. The molecule has 246 valence electrons. The second kappa shape index (κ2) is 10.3. The van der Waals surface area contributed by atoms with Gasteiger partial charge in [0.15, 0.2) is 0 Å². The van der Waals surface area contributed by atoms with E-state index in [1.54, 1.807) is 0 Å². The summed E-state index contributed by atoms with van der Waals surface area (Å²) in [4.78, 5) is 0. The van der Waals surface area contributed by atoms with E-state index in [0.29, 0.717) is 0 Å². The fourth-order valence-electron chi connectivity index (χ4n) is 9.83. The van der Waals surface area contributed by atoms with Crippen LogP contribution in [0.3, 0.4) is 0 Å². The highest BCUT2D eigenvalue weighted by Crippen LogP contribution is 2.58. The minimum Gasteiger partial charge on any atom is -0.309 e. The topological polar surface area (TPSA) is 9.86 Å². The van der Waals surface area contributed by atoms with E-state index in [-0.39, 0.29) is 10.8 Å². The van der Waals surface area contributed by atoms with Crippen molar-refractivity contribution in [1.29, 1.82) is 0 Å². The van der Waals surface area contributed by atoms with E-state index in [9.17, 15) is 0 Å². The standard InChI is InChI=1S/C49H40N2/c1-7-18-32-33-28-27-31(29-39(33)48(3,4)37(32)8-2)51-40-25-16-13-22-35(40)43-45-42(34-21-12-15-24-38(34)49(45,5)6)46-44(47(43)51)36-23-14-17-26-41(36)50(46)30-19-10-9-11-20-30/h7-29H,2H2,1,3-6H3/b18-7-. The van der Waals surface area contributed by atoms with Crippen molar-refractivity contribution in [2.45, 2.75) is 45.4 Å². The van der Waals surface area contributed by atoms with Crippen LogP contribution in [0.2, 0.25) is 0 Å². The number of fused-ring (bicyclic) bond motifs is 13. The zero-order valence-corrected chi connectivity index (χ0v) is 29.9. The summed E-state index contributed by atoms with van der Waals surface area (Å²) in [6.07, 6.45) is 6.45. The Hall–Kier alpha value is -5.86. The first-order chi connectivity index (χ1) is 24.8. The fraction of sp³-hybridized carbons (Fsp3) is 0.143. The van der Waals surface area contributed by atoms with Crippen LogP contribution in [-0.4, -0.2) is 9.13 Å². The van der Waals surface area contributed by atoms with Crippen LogP contribution in [0.5, 0.6) is 0 Å². The maximum Gasteiger partial charge on any atom is 0.0644 e. The second-order valence-electron chi connectivity index (χ2n) is 15.3. The molecule has 2 aliphatic carbocycles. The summed E-state index contributed by atoms with van der Waals surface area (Å²) in [6.45, 7) is 15.9. The van der Waals surface area contributed by atoms with E-state index >= 15 is 0 Å². The minimum atomic E-state index is -0.213. The number of nitrogens with zero attached hydrogens (tertiary/aromatic N) is 2. The van der Waals surface area contributed by atoms with Gasteiger partial charge in [0.05, 0.1) is 22.1 Å². The third kappa shape index (κ3) is 3.72. The third-order valence-electron chi connectivity index (χ3n) is 12.0. The molecular weight excluding hydrogens is 617 g/mol. The van der Waals surface area contributed by atoms with E-state index in [0.717, 1.165) is 0 Å².